The van der Waals surface area contributed by atoms with Gasteiger partial charge in [-0.05, 0) is 40.8 Å². The first-order valence-corrected chi connectivity index (χ1v) is 6.00. The molecule has 16 heavy (non-hydrogen) atoms. The molecule has 0 fully saturated rings. The van der Waals surface area contributed by atoms with Crippen molar-refractivity contribution in [3.63, 3.8) is 0 Å². The zero-order valence-corrected chi connectivity index (χ0v) is 10.8. The van der Waals surface area contributed by atoms with Crippen molar-refractivity contribution in [2.45, 2.75) is 6.42 Å². The van der Waals surface area contributed by atoms with Crippen LogP contribution in [0, 0.1) is 0 Å². The van der Waals surface area contributed by atoms with Crippen LogP contribution in [0.15, 0.2) is 46.9 Å². The number of hydrogen-bond donors (Lipinski definition) is 0. The molecule has 0 bridgehead atoms. The fourth-order valence-electron chi connectivity index (χ4n) is 2.11. The highest BCUT2D eigenvalue weighted by atomic mass is 79.9. The normalized spacial score (nSPS) is 11.1. The summed E-state index contributed by atoms with van der Waals surface area (Å²) in [6.07, 6.45) is 1.07. The Morgan fingerprint density at radius 2 is 1.62 bits per heavy atom. The minimum absolute atomic E-state index is 1.07. The summed E-state index contributed by atoms with van der Waals surface area (Å²) in [6, 6.07) is 15.2. The van der Waals surface area contributed by atoms with Crippen molar-refractivity contribution < 1.29 is 4.21 Å². The van der Waals surface area contributed by atoms with Gasteiger partial charge in [0.05, 0.1) is 0 Å². The molecule has 0 radical (unpaired) electrons. The van der Waals surface area contributed by atoms with Gasteiger partial charge in [-0.1, -0.05) is 46.3 Å². The van der Waals surface area contributed by atoms with Crippen molar-refractivity contribution in [1.82, 2.24) is 0 Å². The van der Waals surface area contributed by atoms with E-state index in [0.29, 0.717) is 0 Å². The number of fused-ring (bicyclic) bond motifs is 3. The average molecular weight is 293 g/mol. The molecule has 1 aliphatic carbocycles. The summed E-state index contributed by atoms with van der Waals surface area (Å²) in [5.41, 5.74) is 5.67. The fraction of sp³-hybridized carbons (Fsp3) is 0.0769. The van der Waals surface area contributed by atoms with Gasteiger partial charge in [-0.25, -0.2) is 0 Å². The number of hydrogen-bond acceptors (Lipinski definition) is 2. The van der Waals surface area contributed by atoms with Crippen molar-refractivity contribution in [2.24, 2.45) is 0 Å². The molecule has 3 rings (SSSR count). The third-order valence-electron chi connectivity index (χ3n) is 2.76. The van der Waals surface area contributed by atoms with Crippen LogP contribution < -0.4 is 0 Å². The molecule has 0 N–H and O–H groups in total. The van der Waals surface area contributed by atoms with E-state index in [2.05, 4.69) is 70.9 Å². The molecule has 0 amide bonds. The number of halogens is 1. The van der Waals surface area contributed by atoms with E-state index in [1.54, 1.807) is 0 Å². The molecule has 3 heteroatoms. The Balaban J connectivity index is 0.000000457. The van der Waals surface area contributed by atoms with E-state index in [4.69, 9.17) is 4.21 Å². The van der Waals surface area contributed by atoms with E-state index in [0.717, 1.165) is 6.42 Å². The highest BCUT2D eigenvalue weighted by Crippen LogP contribution is 2.37. The van der Waals surface area contributed by atoms with Gasteiger partial charge >= 0.3 is 0 Å². The van der Waals surface area contributed by atoms with Gasteiger partial charge in [0.2, 0.25) is 0 Å². The van der Waals surface area contributed by atoms with Crippen LogP contribution in [0.1, 0.15) is 11.1 Å². The molecule has 0 saturated heterocycles. The predicted molar refractivity (Wildman–Crippen MR) is 70.5 cm³/mol. The monoisotopic (exact) mass is 292 g/mol. The summed E-state index contributed by atoms with van der Waals surface area (Å²) in [5.74, 6) is 0. The van der Waals surface area contributed by atoms with E-state index in [1.807, 2.05) is 0 Å². The molecule has 2 aromatic carbocycles. The van der Waals surface area contributed by atoms with Crippen molar-refractivity contribution in [3.05, 3.63) is 58.1 Å². The Bertz CT molecular complexity index is 525. The van der Waals surface area contributed by atoms with E-state index in [1.165, 1.54) is 26.7 Å². The standard InChI is InChI=1S/C13H9Br.OS/c14-11-5-6-13-10(8-11)7-9-3-1-2-4-12(9)13;1-2/h1-6,8H,7H2;. The smallest absolute Gasteiger partial charge is 0.197 e. The quantitative estimate of drug-likeness (QED) is 0.629. The van der Waals surface area contributed by atoms with Crippen LogP contribution >= 0.6 is 15.9 Å². The minimum atomic E-state index is 1.07. The number of benzene rings is 2. The van der Waals surface area contributed by atoms with Crippen LogP contribution in [0.4, 0.5) is 0 Å². The lowest BCUT2D eigenvalue weighted by atomic mass is 10.1. The van der Waals surface area contributed by atoms with Gasteiger partial charge in [-0.3, -0.25) is 0 Å². The first kappa shape index (κ1) is 11.4. The van der Waals surface area contributed by atoms with Crippen molar-refractivity contribution in [2.75, 3.05) is 0 Å². The van der Waals surface area contributed by atoms with Crippen LogP contribution in [0.2, 0.25) is 0 Å². The van der Waals surface area contributed by atoms with Gasteiger partial charge in [-0.2, -0.15) is 4.21 Å². The van der Waals surface area contributed by atoms with Crippen LogP contribution in [-0.4, -0.2) is 4.21 Å². The third-order valence-corrected chi connectivity index (χ3v) is 3.25. The van der Waals surface area contributed by atoms with Gasteiger partial charge in [-0.15, -0.1) is 0 Å². The van der Waals surface area contributed by atoms with E-state index in [-0.39, 0.29) is 0 Å². The highest BCUT2D eigenvalue weighted by molar-refractivity contribution is 9.10. The summed E-state index contributed by atoms with van der Waals surface area (Å²) in [7, 11) is 0. The zero-order valence-electron chi connectivity index (χ0n) is 8.44. The lowest BCUT2D eigenvalue weighted by molar-refractivity contribution is 0.702. The van der Waals surface area contributed by atoms with Crippen LogP contribution in [0.3, 0.4) is 0 Å². The van der Waals surface area contributed by atoms with Crippen molar-refractivity contribution in [1.29, 1.82) is 0 Å². The van der Waals surface area contributed by atoms with Gasteiger partial charge in [0.1, 0.15) is 0 Å². The first-order chi connectivity index (χ1) is 7.84. The minimum Gasteiger partial charge on any atom is -0.197 e. The summed E-state index contributed by atoms with van der Waals surface area (Å²) in [6.45, 7) is 0. The highest BCUT2D eigenvalue weighted by Gasteiger charge is 2.16. The molecule has 80 valence electrons. The molecule has 1 aliphatic rings. The molecule has 0 saturated carbocycles. The lowest BCUT2D eigenvalue weighted by Gasteiger charge is -1.99. The zero-order chi connectivity index (χ0) is 11.5. The first-order valence-electron chi connectivity index (χ1n) is 4.88. The molecule has 0 atom stereocenters. The van der Waals surface area contributed by atoms with Crippen LogP contribution in [0.25, 0.3) is 11.1 Å². The largest absolute Gasteiger partial charge is 0.197 e. The Morgan fingerprint density at radius 3 is 2.44 bits per heavy atom. The van der Waals surface area contributed by atoms with Crippen molar-refractivity contribution >= 4 is 28.5 Å². The Morgan fingerprint density at radius 1 is 0.938 bits per heavy atom. The second kappa shape index (κ2) is 4.85. The van der Waals surface area contributed by atoms with Crippen LogP contribution in [-0.2, 0) is 19.0 Å². The van der Waals surface area contributed by atoms with Crippen LogP contribution in [0.5, 0.6) is 0 Å². The predicted octanol–water partition coefficient (Wildman–Crippen LogP) is 3.68. The second-order valence-corrected chi connectivity index (χ2v) is 4.55. The molecular weight excluding hydrogens is 284 g/mol. The van der Waals surface area contributed by atoms with Gasteiger partial charge < -0.3 is 0 Å². The molecule has 0 spiro atoms. The molecular formula is C13H9BrOS. The fourth-order valence-corrected chi connectivity index (χ4v) is 2.52. The summed E-state index contributed by atoms with van der Waals surface area (Å²) in [5, 5.41) is 0. The Hall–Kier alpha value is -1.06. The molecule has 0 aliphatic heterocycles. The lowest BCUT2D eigenvalue weighted by Crippen LogP contribution is -1.78. The summed E-state index contributed by atoms with van der Waals surface area (Å²) >= 11 is 6.34. The summed E-state index contributed by atoms with van der Waals surface area (Å²) in [4.78, 5) is 0. The summed E-state index contributed by atoms with van der Waals surface area (Å²) < 4.78 is 9.00. The Kier molecular flexibility index (Phi) is 3.46. The average Bonchev–Trinajstić information content (AvgIpc) is 2.68. The maximum absolute atomic E-state index is 7.83. The SMILES string of the molecule is Brc1ccc2c(c1)Cc1ccccc1-2.O=S. The third kappa shape index (κ3) is 1.93. The molecule has 1 nitrogen and oxygen atoms in total. The molecule has 0 aromatic heterocycles. The second-order valence-electron chi connectivity index (χ2n) is 3.64. The number of rotatable bonds is 0. The topological polar surface area (TPSA) is 17.1 Å². The maximum Gasteiger partial charge on any atom is 0.197 e. The van der Waals surface area contributed by atoms with Gasteiger partial charge in [0, 0.05) is 4.47 Å². The molecule has 2 aromatic rings. The van der Waals surface area contributed by atoms with E-state index in [9.17, 15) is 0 Å². The Labute approximate surface area is 108 Å². The maximum atomic E-state index is 7.83. The van der Waals surface area contributed by atoms with Crippen molar-refractivity contribution in [3.8, 4) is 11.1 Å². The van der Waals surface area contributed by atoms with E-state index < -0.39 is 0 Å². The van der Waals surface area contributed by atoms with E-state index >= 15 is 0 Å². The molecule has 0 unspecified atom stereocenters. The van der Waals surface area contributed by atoms with Gasteiger partial charge in [0.15, 0.2) is 12.5 Å². The van der Waals surface area contributed by atoms with Gasteiger partial charge in [0.25, 0.3) is 0 Å². The molecule has 0 heterocycles.